The van der Waals surface area contributed by atoms with Crippen LogP contribution in [-0.2, 0) is 0 Å². The summed E-state index contributed by atoms with van der Waals surface area (Å²) < 4.78 is 67.5. The lowest BCUT2D eigenvalue weighted by Crippen LogP contribution is -2.45. The van der Waals surface area contributed by atoms with Crippen molar-refractivity contribution in [3.8, 4) is 5.75 Å². The zero-order valence-electron chi connectivity index (χ0n) is 11.8. The Morgan fingerprint density at radius 1 is 1.23 bits per heavy atom. The van der Waals surface area contributed by atoms with Crippen LogP contribution in [0.1, 0.15) is 18.0 Å². The van der Waals surface area contributed by atoms with Crippen molar-refractivity contribution in [2.24, 2.45) is 0 Å². The van der Waals surface area contributed by atoms with E-state index in [1.807, 2.05) is 4.90 Å². The topological polar surface area (TPSA) is 24.5 Å². The Hall–Kier alpha value is -1.41. The first-order chi connectivity index (χ1) is 10.4. The van der Waals surface area contributed by atoms with Gasteiger partial charge in [0.25, 0.3) is 0 Å². The van der Waals surface area contributed by atoms with Gasteiger partial charge in [0, 0.05) is 37.8 Å². The lowest BCUT2D eigenvalue weighted by molar-refractivity contribution is -0.274. The third-order valence-corrected chi connectivity index (χ3v) is 3.53. The SMILES string of the molecule is FCC[C@@H](c1cc(OC(F)(F)F)ccc1F)N1CCNCC1. The van der Waals surface area contributed by atoms with E-state index in [1.165, 1.54) is 0 Å². The van der Waals surface area contributed by atoms with Crippen molar-refractivity contribution in [3.05, 3.63) is 29.6 Å². The van der Waals surface area contributed by atoms with E-state index in [-0.39, 0.29) is 12.0 Å². The van der Waals surface area contributed by atoms with Crippen LogP contribution in [-0.4, -0.2) is 44.1 Å². The number of alkyl halides is 4. The van der Waals surface area contributed by atoms with Crippen molar-refractivity contribution < 1.29 is 26.7 Å². The maximum Gasteiger partial charge on any atom is 0.573 e. The van der Waals surface area contributed by atoms with Crippen LogP contribution in [0.2, 0.25) is 0 Å². The van der Waals surface area contributed by atoms with E-state index in [0.717, 1.165) is 18.2 Å². The van der Waals surface area contributed by atoms with Crippen LogP contribution in [0.15, 0.2) is 18.2 Å². The first-order valence-corrected chi connectivity index (χ1v) is 6.96. The molecule has 1 aromatic carbocycles. The Labute approximate surface area is 125 Å². The van der Waals surface area contributed by atoms with Crippen molar-refractivity contribution in [1.82, 2.24) is 10.2 Å². The third kappa shape index (κ3) is 4.54. The molecule has 124 valence electrons. The highest BCUT2D eigenvalue weighted by atomic mass is 19.4. The fourth-order valence-corrected chi connectivity index (χ4v) is 2.61. The van der Waals surface area contributed by atoms with Crippen molar-refractivity contribution in [3.63, 3.8) is 0 Å². The molecule has 8 heteroatoms. The van der Waals surface area contributed by atoms with Crippen LogP contribution in [0.25, 0.3) is 0 Å². The molecular formula is C14H17F5N2O. The minimum Gasteiger partial charge on any atom is -0.406 e. The van der Waals surface area contributed by atoms with Gasteiger partial charge in [-0.1, -0.05) is 0 Å². The van der Waals surface area contributed by atoms with Crippen LogP contribution in [0, 0.1) is 5.82 Å². The van der Waals surface area contributed by atoms with Gasteiger partial charge < -0.3 is 10.1 Å². The molecule has 1 fully saturated rings. The standard InChI is InChI=1S/C14H17F5N2O/c15-4-3-13(21-7-5-20-6-8-21)11-9-10(1-2-12(11)16)22-14(17,18)19/h1-2,9,13,20H,3-8H2/t13-/m0/s1. The second kappa shape index (κ2) is 7.23. The summed E-state index contributed by atoms with van der Waals surface area (Å²) in [4.78, 5) is 1.87. The van der Waals surface area contributed by atoms with Gasteiger partial charge in [-0.3, -0.25) is 9.29 Å². The van der Waals surface area contributed by atoms with Crippen molar-refractivity contribution in [2.45, 2.75) is 18.8 Å². The molecule has 0 saturated carbocycles. The maximum absolute atomic E-state index is 14.0. The van der Waals surface area contributed by atoms with Gasteiger partial charge in [0.05, 0.1) is 6.67 Å². The normalized spacial score (nSPS) is 18.2. The number of nitrogens with zero attached hydrogens (tertiary/aromatic N) is 1. The number of hydrogen-bond donors (Lipinski definition) is 1. The molecule has 1 saturated heterocycles. The number of ether oxygens (including phenoxy) is 1. The molecule has 0 radical (unpaired) electrons. The number of hydrogen-bond acceptors (Lipinski definition) is 3. The zero-order valence-corrected chi connectivity index (χ0v) is 11.8. The second-order valence-electron chi connectivity index (χ2n) is 5.01. The Bertz CT molecular complexity index is 489. The molecule has 1 N–H and O–H groups in total. The first kappa shape index (κ1) is 17.0. The quantitative estimate of drug-likeness (QED) is 0.843. The van der Waals surface area contributed by atoms with E-state index >= 15 is 0 Å². The number of benzene rings is 1. The summed E-state index contributed by atoms with van der Waals surface area (Å²) >= 11 is 0. The van der Waals surface area contributed by atoms with Gasteiger partial charge in [-0.15, -0.1) is 13.2 Å². The second-order valence-corrected chi connectivity index (χ2v) is 5.01. The number of piperazine rings is 1. The summed E-state index contributed by atoms with van der Waals surface area (Å²) in [5, 5.41) is 3.12. The molecule has 0 bridgehead atoms. The van der Waals surface area contributed by atoms with Gasteiger partial charge >= 0.3 is 6.36 Å². The Balaban J connectivity index is 2.27. The molecule has 0 amide bonds. The molecule has 1 aliphatic rings. The van der Waals surface area contributed by atoms with Gasteiger partial charge in [-0.25, -0.2) is 4.39 Å². The predicted octanol–water partition coefficient (Wildman–Crippen LogP) is 3.03. The molecule has 3 nitrogen and oxygen atoms in total. The Morgan fingerprint density at radius 2 is 1.91 bits per heavy atom. The highest BCUT2D eigenvalue weighted by Gasteiger charge is 2.32. The molecule has 0 aromatic heterocycles. The van der Waals surface area contributed by atoms with E-state index in [0.29, 0.717) is 26.2 Å². The van der Waals surface area contributed by atoms with Gasteiger partial charge in [-0.05, 0) is 24.6 Å². The van der Waals surface area contributed by atoms with E-state index < -0.39 is 30.6 Å². The van der Waals surface area contributed by atoms with Crippen LogP contribution >= 0.6 is 0 Å². The minimum atomic E-state index is -4.85. The average Bonchev–Trinajstić information content (AvgIpc) is 2.46. The Kier molecular flexibility index (Phi) is 5.57. The van der Waals surface area contributed by atoms with E-state index in [4.69, 9.17) is 0 Å². The first-order valence-electron chi connectivity index (χ1n) is 6.96. The van der Waals surface area contributed by atoms with Crippen LogP contribution in [0.5, 0.6) is 5.75 Å². The zero-order chi connectivity index (χ0) is 16.2. The fourth-order valence-electron chi connectivity index (χ4n) is 2.61. The number of nitrogens with one attached hydrogen (secondary N) is 1. The summed E-state index contributed by atoms with van der Waals surface area (Å²) in [6, 6.07) is 2.23. The van der Waals surface area contributed by atoms with Gasteiger partial charge in [0.15, 0.2) is 0 Å². The number of halogens is 5. The molecule has 0 unspecified atom stereocenters. The molecule has 1 aliphatic heterocycles. The third-order valence-electron chi connectivity index (χ3n) is 3.53. The summed E-state index contributed by atoms with van der Waals surface area (Å²) in [6.45, 7) is 1.81. The predicted molar refractivity (Wildman–Crippen MR) is 70.9 cm³/mol. The summed E-state index contributed by atoms with van der Waals surface area (Å²) in [7, 11) is 0. The van der Waals surface area contributed by atoms with Gasteiger partial charge in [-0.2, -0.15) is 0 Å². The van der Waals surface area contributed by atoms with Crippen molar-refractivity contribution in [1.29, 1.82) is 0 Å². The van der Waals surface area contributed by atoms with Crippen molar-refractivity contribution >= 4 is 0 Å². The van der Waals surface area contributed by atoms with Gasteiger partial charge in [0.1, 0.15) is 11.6 Å². The van der Waals surface area contributed by atoms with Crippen LogP contribution < -0.4 is 10.1 Å². The molecule has 1 atom stereocenters. The fraction of sp³-hybridized carbons (Fsp3) is 0.571. The Morgan fingerprint density at radius 3 is 2.50 bits per heavy atom. The van der Waals surface area contributed by atoms with Crippen molar-refractivity contribution in [2.75, 3.05) is 32.9 Å². The molecule has 1 aromatic rings. The smallest absolute Gasteiger partial charge is 0.406 e. The van der Waals surface area contributed by atoms with E-state index in [1.54, 1.807) is 0 Å². The highest BCUT2D eigenvalue weighted by Crippen LogP contribution is 2.32. The summed E-state index contributed by atoms with van der Waals surface area (Å²) in [5.74, 6) is -1.16. The van der Waals surface area contributed by atoms with Crippen LogP contribution in [0.4, 0.5) is 22.0 Å². The van der Waals surface area contributed by atoms with E-state index in [2.05, 4.69) is 10.1 Å². The molecule has 0 aliphatic carbocycles. The highest BCUT2D eigenvalue weighted by molar-refractivity contribution is 5.32. The van der Waals surface area contributed by atoms with E-state index in [9.17, 15) is 22.0 Å². The summed E-state index contributed by atoms with van der Waals surface area (Å²) in [5.41, 5.74) is 0.0290. The monoisotopic (exact) mass is 324 g/mol. The molecular weight excluding hydrogens is 307 g/mol. The molecule has 2 rings (SSSR count). The van der Waals surface area contributed by atoms with Crippen LogP contribution in [0.3, 0.4) is 0 Å². The molecule has 1 heterocycles. The lowest BCUT2D eigenvalue weighted by atomic mass is 10.0. The largest absolute Gasteiger partial charge is 0.573 e. The minimum absolute atomic E-state index is 0.0202. The molecule has 22 heavy (non-hydrogen) atoms. The molecule has 0 spiro atoms. The maximum atomic E-state index is 14.0. The lowest BCUT2D eigenvalue weighted by Gasteiger charge is -2.35. The van der Waals surface area contributed by atoms with Gasteiger partial charge in [0.2, 0.25) is 0 Å². The summed E-state index contributed by atoms with van der Waals surface area (Å²) in [6.07, 6.45) is -4.83. The average molecular weight is 324 g/mol. The number of rotatable bonds is 5.